The number of carbonyl (C=O) groups excluding carboxylic acids is 3. The lowest BCUT2D eigenvalue weighted by atomic mass is 9.98. The Morgan fingerprint density at radius 3 is 1.95 bits per heavy atom. The molecule has 0 aromatic heterocycles. The number of amides is 3. The lowest BCUT2D eigenvalue weighted by Gasteiger charge is -2.29. The normalized spacial score (nSPS) is 14.3. The average molecular weight is 638 g/mol. The number of hydrogen-bond donors (Lipinski definition) is 4. The Morgan fingerprint density at radius 2 is 1.42 bits per heavy atom. The Morgan fingerprint density at radius 1 is 0.842 bits per heavy atom. The molecule has 0 saturated heterocycles. The molecule has 2 rings (SSSR count). The van der Waals surface area contributed by atoms with Gasteiger partial charge >= 0.3 is 6.09 Å². The Kier molecular flexibility index (Phi) is 13.6. The van der Waals surface area contributed by atoms with Crippen LogP contribution in [0.2, 0.25) is 0 Å². The van der Waals surface area contributed by atoms with Crippen LogP contribution in [0, 0.1) is 11.8 Å². The van der Waals surface area contributed by atoms with Crippen LogP contribution in [-0.2, 0) is 27.4 Å². The maximum absolute atomic E-state index is 13.4. The van der Waals surface area contributed by atoms with Gasteiger partial charge in [0.25, 0.3) is 0 Å². The summed E-state index contributed by atoms with van der Waals surface area (Å²) in [5.74, 6) is -0.958. The molecule has 4 N–H and O–H groups in total. The largest absolute Gasteiger partial charge is 0.445 e. The number of rotatable bonds is 14. The monoisotopic (exact) mass is 637 g/mol. The predicted octanol–water partition coefficient (Wildman–Crippen LogP) is 3.99. The van der Waals surface area contributed by atoms with E-state index in [0.29, 0.717) is 17.3 Å². The van der Waals surface area contributed by atoms with Crippen LogP contribution in [0.15, 0.2) is 60.7 Å². The summed E-state index contributed by atoms with van der Waals surface area (Å²) in [6.45, 7) is 7.64. The number of aliphatic hydroxyl groups excluding tert-OH is 1. The first kappa shape index (κ1) is 31.6. The fourth-order valence-corrected chi connectivity index (χ4v) is 4.55. The first-order chi connectivity index (χ1) is 18.1. The molecule has 0 spiro atoms. The summed E-state index contributed by atoms with van der Waals surface area (Å²) in [6, 6.07) is 16.7. The highest BCUT2D eigenvalue weighted by Gasteiger charge is 2.31. The molecule has 208 valence electrons. The molecule has 0 aliphatic heterocycles. The number of alkyl halides is 1. The number of alkyl carbamates (subject to hydrolysis) is 1. The van der Waals surface area contributed by atoms with Crippen LogP contribution in [0.4, 0.5) is 4.79 Å². The van der Waals surface area contributed by atoms with Crippen LogP contribution >= 0.6 is 22.6 Å². The second-order valence-corrected chi connectivity index (χ2v) is 11.0. The molecule has 1 unspecified atom stereocenters. The molecule has 38 heavy (non-hydrogen) atoms. The van der Waals surface area contributed by atoms with Crippen molar-refractivity contribution in [3.05, 3.63) is 71.8 Å². The average Bonchev–Trinajstić information content (AvgIpc) is 2.89. The number of halogens is 1. The third-order valence-electron chi connectivity index (χ3n) is 6.02. The Labute approximate surface area is 239 Å². The Balaban J connectivity index is 2.07. The second kappa shape index (κ2) is 16.3. The molecule has 0 radical (unpaired) electrons. The molecule has 2 aromatic rings. The maximum Gasteiger partial charge on any atom is 0.408 e. The van der Waals surface area contributed by atoms with Gasteiger partial charge in [0.05, 0.1) is 12.1 Å². The van der Waals surface area contributed by atoms with Crippen molar-refractivity contribution in [3.8, 4) is 0 Å². The lowest BCUT2D eigenvalue weighted by Crippen LogP contribution is -2.58. The van der Waals surface area contributed by atoms with Crippen molar-refractivity contribution in [2.75, 3.05) is 4.43 Å². The summed E-state index contributed by atoms with van der Waals surface area (Å²) in [5.41, 5.74) is 1.82. The molecule has 0 bridgehead atoms. The molecule has 0 aliphatic rings. The fraction of sp³-hybridized carbons (Fsp3) is 0.483. The molecule has 4 atom stereocenters. The molecular weight excluding hydrogens is 597 g/mol. The minimum atomic E-state index is -0.888. The van der Waals surface area contributed by atoms with E-state index in [9.17, 15) is 19.5 Å². The number of carbonyl (C=O) groups is 3. The SMILES string of the molecule is CC(C)C[C@H](NC(=O)[C@@H](NC(=O)OCc1ccccc1)C(C)C)C(=O)N[C@@H](Cc1ccccc1)C(O)CI. The van der Waals surface area contributed by atoms with Gasteiger partial charge in [-0.05, 0) is 35.8 Å². The smallest absolute Gasteiger partial charge is 0.408 e. The van der Waals surface area contributed by atoms with E-state index in [2.05, 4.69) is 38.5 Å². The summed E-state index contributed by atoms with van der Waals surface area (Å²) in [6.07, 6.45) is -0.595. The lowest BCUT2D eigenvalue weighted by molar-refractivity contribution is -0.131. The number of aliphatic hydroxyl groups is 1. The van der Waals surface area contributed by atoms with E-state index >= 15 is 0 Å². The Bertz CT molecular complexity index is 1000. The third kappa shape index (κ3) is 11.0. The van der Waals surface area contributed by atoms with Crippen molar-refractivity contribution in [2.24, 2.45) is 11.8 Å². The highest BCUT2D eigenvalue weighted by atomic mass is 127. The molecule has 2 aromatic carbocycles. The molecular formula is C29H40IN3O5. The fourth-order valence-electron chi connectivity index (χ4n) is 3.93. The van der Waals surface area contributed by atoms with Crippen molar-refractivity contribution in [1.82, 2.24) is 16.0 Å². The van der Waals surface area contributed by atoms with Gasteiger partial charge in [-0.15, -0.1) is 0 Å². The first-order valence-electron chi connectivity index (χ1n) is 13.0. The van der Waals surface area contributed by atoms with E-state index in [1.54, 1.807) is 0 Å². The third-order valence-corrected chi connectivity index (χ3v) is 6.93. The van der Waals surface area contributed by atoms with Gasteiger partial charge < -0.3 is 25.8 Å². The highest BCUT2D eigenvalue weighted by Crippen LogP contribution is 2.12. The van der Waals surface area contributed by atoms with Gasteiger partial charge in [0.15, 0.2) is 0 Å². The molecule has 8 nitrogen and oxygen atoms in total. The zero-order valence-corrected chi connectivity index (χ0v) is 24.7. The minimum absolute atomic E-state index is 0.0828. The zero-order chi connectivity index (χ0) is 28.1. The van der Waals surface area contributed by atoms with E-state index < -0.39 is 36.2 Å². The standard InChI is InChI=1S/C29H40IN3O5/c1-19(2)15-24(27(35)31-23(25(34)17-30)16-21-11-7-5-8-12-21)32-28(36)26(20(3)4)33-29(37)38-18-22-13-9-6-10-14-22/h5-14,19-20,23-26,34H,15-18H2,1-4H3,(H,31,35)(H,32,36)(H,33,37)/t23-,24-,25?,26-/m0/s1. The molecule has 0 saturated carbocycles. The van der Waals surface area contributed by atoms with Crippen LogP contribution < -0.4 is 16.0 Å². The van der Waals surface area contributed by atoms with Crippen LogP contribution in [0.1, 0.15) is 45.2 Å². The van der Waals surface area contributed by atoms with Crippen molar-refractivity contribution < 1.29 is 24.2 Å². The van der Waals surface area contributed by atoms with Crippen LogP contribution in [0.25, 0.3) is 0 Å². The zero-order valence-electron chi connectivity index (χ0n) is 22.5. The van der Waals surface area contributed by atoms with E-state index in [4.69, 9.17) is 4.74 Å². The number of nitrogens with one attached hydrogen (secondary N) is 3. The van der Waals surface area contributed by atoms with Crippen molar-refractivity contribution >= 4 is 40.5 Å². The summed E-state index contributed by atoms with van der Waals surface area (Å²) in [5, 5.41) is 19.0. The van der Waals surface area contributed by atoms with Gasteiger partial charge in [0.2, 0.25) is 11.8 Å². The van der Waals surface area contributed by atoms with Gasteiger partial charge in [-0.2, -0.15) is 0 Å². The number of hydrogen-bond acceptors (Lipinski definition) is 5. The molecule has 0 aliphatic carbocycles. The number of benzene rings is 2. The predicted molar refractivity (Wildman–Crippen MR) is 157 cm³/mol. The summed E-state index contributed by atoms with van der Waals surface area (Å²) in [4.78, 5) is 39.0. The topological polar surface area (TPSA) is 117 Å². The van der Waals surface area contributed by atoms with Gasteiger partial charge in [0.1, 0.15) is 18.7 Å². The Hall–Kier alpha value is -2.66. The van der Waals surface area contributed by atoms with Gasteiger partial charge in [0, 0.05) is 4.43 Å². The van der Waals surface area contributed by atoms with Crippen LogP contribution in [0.5, 0.6) is 0 Å². The second-order valence-electron chi connectivity index (χ2n) is 10.1. The van der Waals surface area contributed by atoms with Gasteiger partial charge in [-0.3, -0.25) is 9.59 Å². The molecule has 0 fully saturated rings. The van der Waals surface area contributed by atoms with Crippen molar-refractivity contribution in [1.29, 1.82) is 0 Å². The van der Waals surface area contributed by atoms with E-state index in [1.165, 1.54) is 0 Å². The van der Waals surface area contributed by atoms with Gasteiger partial charge in [-0.25, -0.2) is 4.79 Å². The summed E-state index contributed by atoms with van der Waals surface area (Å²) < 4.78 is 5.73. The van der Waals surface area contributed by atoms with E-state index in [0.717, 1.165) is 11.1 Å². The van der Waals surface area contributed by atoms with E-state index in [1.807, 2.05) is 88.4 Å². The first-order valence-corrected chi connectivity index (χ1v) is 14.5. The summed E-state index contributed by atoms with van der Waals surface area (Å²) in [7, 11) is 0. The quantitative estimate of drug-likeness (QED) is 0.185. The van der Waals surface area contributed by atoms with Crippen molar-refractivity contribution in [2.45, 2.75) is 71.4 Å². The van der Waals surface area contributed by atoms with Crippen LogP contribution in [-0.4, -0.2) is 51.7 Å². The minimum Gasteiger partial charge on any atom is -0.445 e. The van der Waals surface area contributed by atoms with Crippen LogP contribution in [0.3, 0.4) is 0 Å². The van der Waals surface area contributed by atoms with E-state index in [-0.39, 0.29) is 24.3 Å². The summed E-state index contributed by atoms with van der Waals surface area (Å²) >= 11 is 2.09. The highest BCUT2D eigenvalue weighted by molar-refractivity contribution is 14.1. The number of ether oxygens (including phenoxy) is 1. The maximum atomic E-state index is 13.4. The van der Waals surface area contributed by atoms with Crippen molar-refractivity contribution in [3.63, 3.8) is 0 Å². The molecule has 3 amide bonds. The van der Waals surface area contributed by atoms with Gasteiger partial charge in [-0.1, -0.05) is 111 Å². The molecule has 0 heterocycles. The molecule has 9 heteroatoms.